The lowest BCUT2D eigenvalue weighted by atomic mass is 9.79. The summed E-state index contributed by atoms with van der Waals surface area (Å²) in [7, 11) is 0. The van der Waals surface area contributed by atoms with Crippen LogP contribution >= 0.6 is 34.5 Å². The van der Waals surface area contributed by atoms with Gasteiger partial charge in [-0.25, -0.2) is 14.4 Å². The van der Waals surface area contributed by atoms with Gasteiger partial charge >= 0.3 is 0 Å². The van der Waals surface area contributed by atoms with Crippen molar-refractivity contribution < 1.29 is 9.18 Å². The molecule has 3 aliphatic rings. The van der Waals surface area contributed by atoms with E-state index < -0.39 is 5.82 Å². The van der Waals surface area contributed by atoms with Crippen LogP contribution in [0.5, 0.6) is 0 Å². The monoisotopic (exact) mass is 632 g/mol. The second kappa shape index (κ2) is 10.9. The number of nitrogens with one attached hydrogen (secondary N) is 2. The number of amides is 1. The third kappa shape index (κ3) is 4.51. The average Bonchev–Trinajstić information content (AvgIpc) is 3.79. The summed E-state index contributed by atoms with van der Waals surface area (Å²) in [5, 5.41) is 20.1. The van der Waals surface area contributed by atoms with Crippen LogP contribution in [-0.2, 0) is 6.42 Å². The van der Waals surface area contributed by atoms with E-state index in [0.29, 0.717) is 50.8 Å². The molecule has 43 heavy (non-hydrogen) atoms. The third-order valence-corrected chi connectivity index (χ3v) is 10.3. The lowest BCUT2D eigenvalue weighted by Crippen LogP contribution is -2.40. The van der Waals surface area contributed by atoms with Crippen molar-refractivity contribution >= 4 is 62.3 Å². The highest BCUT2D eigenvalue weighted by Gasteiger charge is 2.49. The van der Waals surface area contributed by atoms with Gasteiger partial charge in [-0.2, -0.15) is 5.26 Å². The molecule has 5 heterocycles. The number of thiazole rings is 1. The molecule has 7 nitrogen and oxygen atoms in total. The van der Waals surface area contributed by atoms with E-state index in [4.69, 9.17) is 28.2 Å². The smallest absolute Gasteiger partial charge is 0.271 e. The van der Waals surface area contributed by atoms with Crippen LogP contribution in [0, 0.1) is 30.0 Å². The van der Waals surface area contributed by atoms with Crippen molar-refractivity contribution in [2.75, 3.05) is 6.54 Å². The van der Waals surface area contributed by atoms with Gasteiger partial charge in [0.1, 0.15) is 11.2 Å². The molecule has 1 aliphatic carbocycles. The van der Waals surface area contributed by atoms with E-state index in [9.17, 15) is 10.1 Å². The number of carbonyl (C=O) groups excluding carboxylic acids is 1. The molecule has 3 fully saturated rings. The van der Waals surface area contributed by atoms with Crippen molar-refractivity contribution in [1.29, 1.82) is 5.26 Å². The Balaban J connectivity index is 1.49. The van der Waals surface area contributed by atoms with Crippen molar-refractivity contribution in [3.05, 3.63) is 79.7 Å². The molecule has 2 aromatic carbocycles. The van der Waals surface area contributed by atoms with Crippen molar-refractivity contribution in [3.63, 3.8) is 0 Å². The van der Waals surface area contributed by atoms with Crippen molar-refractivity contribution in [2.45, 2.75) is 51.2 Å². The lowest BCUT2D eigenvalue weighted by Gasteiger charge is -2.38. The minimum atomic E-state index is -0.492. The van der Waals surface area contributed by atoms with Gasteiger partial charge in [0.25, 0.3) is 5.91 Å². The number of benzene rings is 2. The zero-order valence-electron chi connectivity index (χ0n) is 23.4. The molecular formula is C32H27Cl2FN6OS. The Kier molecular flexibility index (Phi) is 7.13. The fourth-order valence-corrected chi connectivity index (χ4v) is 7.77. The molecule has 0 radical (unpaired) electrons. The number of nitriles is 1. The summed E-state index contributed by atoms with van der Waals surface area (Å²) in [6, 6.07) is 11.5. The van der Waals surface area contributed by atoms with Gasteiger partial charge in [0.05, 0.1) is 39.2 Å². The quantitative estimate of drug-likeness (QED) is 0.193. The van der Waals surface area contributed by atoms with Gasteiger partial charge < -0.3 is 15.2 Å². The molecule has 4 atom stereocenters. The number of fused-ring (bicyclic) bond motifs is 4. The van der Waals surface area contributed by atoms with E-state index in [1.807, 2.05) is 19.9 Å². The predicted molar refractivity (Wildman–Crippen MR) is 168 cm³/mol. The Morgan fingerprint density at radius 3 is 2.86 bits per heavy atom. The van der Waals surface area contributed by atoms with E-state index in [-0.39, 0.29) is 41.0 Å². The van der Waals surface area contributed by atoms with E-state index in [1.54, 1.807) is 29.1 Å². The second-order valence-corrected chi connectivity index (χ2v) is 12.9. The minimum absolute atomic E-state index is 0.156. The van der Waals surface area contributed by atoms with Gasteiger partial charge in [-0.3, -0.25) is 4.79 Å². The first-order valence-corrected chi connectivity index (χ1v) is 15.9. The molecule has 2 saturated heterocycles. The maximum atomic E-state index is 16.8. The number of carbonyl (C=O) groups is 1. The summed E-state index contributed by atoms with van der Waals surface area (Å²) in [6.07, 6.45) is 1.62. The highest BCUT2D eigenvalue weighted by atomic mass is 35.5. The summed E-state index contributed by atoms with van der Waals surface area (Å²) in [4.78, 5) is 22.0. The first-order chi connectivity index (χ1) is 20.8. The van der Waals surface area contributed by atoms with E-state index >= 15 is 4.39 Å². The summed E-state index contributed by atoms with van der Waals surface area (Å²) < 4.78 is 19.1. The first kappa shape index (κ1) is 28.2. The maximum Gasteiger partial charge on any atom is 0.271 e. The molecule has 1 saturated carbocycles. The first-order valence-electron chi connectivity index (χ1n) is 14.2. The fraction of sp³-hybridized carbons (Fsp3) is 0.312. The van der Waals surface area contributed by atoms with Crippen molar-refractivity contribution in [2.24, 2.45) is 5.92 Å². The molecule has 5 aromatic rings. The summed E-state index contributed by atoms with van der Waals surface area (Å²) in [5.74, 6) is -0.307. The number of aryl methyl sites for hydroxylation is 2. The molecule has 218 valence electrons. The Bertz CT molecular complexity index is 1950. The zero-order chi connectivity index (χ0) is 30.0. The average molecular weight is 634 g/mol. The van der Waals surface area contributed by atoms with Crippen LogP contribution in [0.2, 0.25) is 10.0 Å². The highest BCUT2D eigenvalue weighted by molar-refractivity contribution is 7.07. The second-order valence-electron chi connectivity index (χ2n) is 11.3. The van der Waals surface area contributed by atoms with Crippen LogP contribution in [0.4, 0.5) is 4.39 Å². The number of hydrogen-bond acceptors (Lipinski definition) is 6. The summed E-state index contributed by atoms with van der Waals surface area (Å²) in [5.41, 5.74) is 6.20. The molecular weight excluding hydrogens is 606 g/mol. The van der Waals surface area contributed by atoms with Gasteiger partial charge in [-0.05, 0) is 56.4 Å². The van der Waals surface area contributed by atoms with Crippen molar-refractivity contribution in [3.8, 4) is 17.2 Å². The highest BCUT2D eigenvalue weighted by Crippen LogP contribution is 2.49. The van der Waals surface area contributed by atoms with E-state index in [1.165, 1.54) is 11.3 Å². The summed E-state index contributed by atoms with van der Waals surface area (Å²) >= 11 is 14.3. The van der Waals surface area contributed by atoms with E-state index in [2.05, 4.69) is 32.3 Å². The fourth-order valence-electron chi connectivity index (χ4n) is 6.84. The third-order valence-electron chi connectivity index (χ3n) is 8.89. The van der Waals surface area contributed by atoms with Gasteiger partial charge in [0.15, 0.2) is 5.82 Å². The Labute approximate surface area is 261 Å². The molecule has 0 spiro atoms. The van der Waals surface area contributed by atoms with Crippen molar-refractivity contribution in [1.82, 2.24) is 25.2 Å². The zero-order valence-corrected chi connectivity index (χ0v) is 25.7. The van der Waals surface area contributed by atoms with Crippen LogP contribution in [0.3, 0.4) is 0 Å². The Hall–Kier alpha value is -3.55. The molecule has 3 aromatic heterocycles. The van der Waals surface area contributed by atoms with Crippen LogP contribution in [-0.4, -0.2) is 33.0 Å². The SMILES string of the molecule is Cc1nc2c(F)c(-c3cccc(Cl)c3Cl)c(CCC#N)cc2c2c1cc([C@@H](C)NC(=O)c1cscn1)n2[C@H]1[C@H]2CN[C@@H]1C2. The normalized spacial score (nSPS) is 19.9. The van der Waals surface area contributed by atoms with Gasteiger partial charge in [0, 0.05) is 57.7 Å². The van der Waals surface area contributed by atoms with Gasteiger partial charge in [0.2, 0.25) is 0 Å². The number of halogens is 3. The molecule has 0 unspecified atom stereocenters. The standard InChI is InChI=1S/C32H27Cl2FN6OS/c1-15-20-11-25(16(2)40-32(42)24-13-43-14-38-24)41(30-18-10-23(30)37-12-18)31(20)21-9-17(5-4-8-36)26(28(35)29(21)39-15)19-6-3-7-22(33)27(19)34/h3,6-7,9,11,13-14,16,18,23,30,37H,4-5,10,12H2,1-2H3,(H,40,42)/t16-,18-,23-,30+/m1/s1. The largest absolute Gasteiger partial charge is 0.343 e. The van der Waals surface area contributed by atoms with Crippen LogP contribution in [0.25, 0.3) is 32.9 Å². The lowest BCUT2D eigenvalue weighted by molar-refractivity contribution is 0.0932. The van der Waals surface area contributed by atoms with E-state index in [0.717, 1.165) is 29.6 Å². The maximum absolute atomic E-state index is 16.8. The van der Waals surface area contributed by atoms with Crippen LogP contribution in [0.1, 0.15) is 59.3 Å². The van der Waals surface area contributed by atoms with Crippen LogP contribution < -0.4 is 10.6 Å². The van der Waals surface area contributed by atoms with Gasteiger partial charge in [-0.1, -0.05) is 35.3 Å². The predicted octanol–water partition coefficient (Wildman–Crippen LogP) is 7.55. The number of aromatic nitrogens is 3. The Morgan fingerprint density at radius 1 is 1.33 bits per heavy atom. The molecule has 2 bridgehead atoms. The number of pyridine rings is 1. The molecule has 8 rings (SSSR count). The number of rotatable bonds is 7. The topological polar surface area (TPSA) is 95.6 Å². The molecule has 11 heteroatoms. The van der Waals surface area contributed by atoms with Gasteiger partial charge in [-0.15, -0.1) is 11.3 Å². The van der Waals surface area contributed by atoms with Crippen LogP contribution in [0.15, 0.2) is 41.2 Å². The Morgan fingerprint density at radius 2 is 2.16 bits per heavy atom. The number of hydrogen-bond donors (Lipinski definition) is 2. The molecule has 2 aliphatic heterocycles. The summed E-state index contributed by atoms with van der Waals surface area (Å²) in [6.45, 7) is 4.76. The number of nitrogens with zero attached hydrogens (tertiary/aromatic N) is 4. The minimum Gasteiger partial charge on any atom is -0.343 e. The molecule has 2 N–H and O–H groups in total. The molecule has 1 amide bonds.